The summed E-state index contributed by atoms with van der Waals surface area (Å²) >= 11 is 5.80. The quantitative estimate of drug-likeness (QED) is 0.639. The van der Waals surface area contributed by atoms with E-state index < -0.39 is 0 Å². The van der Waals surface area contributed by atoms with E-state index in [4.69, 9.17) is 16.3 Å². The van der Waals surface area contributed by atoms with Crippen LogP contribution < -0.4 is 4.74 Å². The average molecular weight is 288 g/mol. The first kappa shape index (κ1) is 12.9. The minimum Gasteiger partial charge on any atom is -0.455 e. The Bertz CT molecular complexity index is 760. The van der Waals surface area contributed by atoms with Crippen LogP contribution in [0, 0.1) is 5.82 Å². The zero-order valence-electron chi connectivity index (χ0n) is 10.5. The highest BCUT2D eigenvalue weighted by atomic mass is 35.5. The van der Waals surface area contributed by atoms with Gasteiger partial charge in [-0.2, -0.15) is 0 Å². The van der Waals surface area contributed by atoms with Crippen molar-refractivity contribution in [2.45, 2.75) is 5.88 Å². The summed E-state index contributed by atoms with van der Waals surface area (Å²) in [6, 6.07) is 13.9. The highest BCUT2D eigenvalue weighted by molar-refractivity contribution is 6.17. The third kappa shape index (κ3) is 2.58. The Morgan fingerprint density at radius 3 is 2.80 bits per heavy atom. The number of halogens is 2. The summed E-state index contributed by atoms with van der Waals surface area (Å²) < 4.78 is 18.9. The van der Waals surface area contributed by atoms with E-state index in [9.17, 15) is 4.39 Å². The number of fused-ring (bicyclic) bond motifs is 1. The van der Waals surface area contributed by atoms with Gasteiger partial charge in [-0.05, 0) is 30.3 Å². The topological polar surface area (TPSA) is 22.1 Å². The maximum Gasteiger partial charge on any atom is 0.146 e. The van der Waals surface area contributed by atoms with E-state index in [0.29, 0.717) is 17.1 Å². The van der Waals surface area contributed by atoms with Crippen LogP contribution in [0.5, 0.6) is 11.5 Å². The van der Waals surface area contributed by atoms with Crippen LogP contribution >= 0.6 is 11.6 Å². The van der Waals surface area contributed by atoms with Crippen LogP contribution in [-0.2, 0) is 5.88 Å². The van der Waals surface area contributed by atoms with Gasteiger partial charge in [-0.15, -0.1) is 11.6 Å². The first-order valence-electron chi connectivity index (χ1n) is 6.13. The highest BCUT2D eigenvalue weighted by Gasteiger charge is 2.07. The SMILES string of the molecule is Fc1ccc(Oc2cnc3ccccc3c2)c(CCl)c1. The minimum absolute atomic E-state index is 0.189. The van der Waals surface area contributed by atoms with Crippen LogP contribution in [0.4, 0.5) is 4.39 Å². The third-order valence-corrected chi connectivity index (χ3v) is 3.25. The van der Waals surface area contributed by atoms with Crippen molar-refractivity contribution in [1.82, 2.24) is 4.98 Å². The molecule has 2 aromatic carbocycles. The first-order chi connectivity index (χ1) is 9.76. The van der Waals surface area contributed by atoms with Gasteiger partial charge in [0.25, 0.3) is 0 Å². The van der Waals surface area contributed by atoms with Gasteiger partial charge >= 0.3 is 0 Å². The Balaban J connectivity index is 1.96. The van der Waals surface area contributed by atoms with Gasteiger partial charge in [0.15, 0.2) is 0 Å². The lowest BCUT2D eigenvalue weighted by atomic mass is 10.2. The summed E-state index contributed by atoms with van der Waals surface area (Å²) in [4.78, 5) is 4.32. The number of para-hydroxylation sites is 1. The van der Waals surface area contributed by atoms with E-state index in [1.807, 2.05) is 30.3 Å². The molecule has 2 nitrogen and oxygen atoms in total. The van der Waals surface area contributed by atoms with Crippen molar-refractivity contribution in [3.05, 3.63) is 66.1 Å². The average Bonchev–Trinajstić information content (AvgIpc) is 2.49. The summed E-state index contributed by atoms with van der Waals surface area (Å²) in [6.45, 7) is 0. The molecule has 0 aliphatic rings. The highest BCUT2D eigenvalue weighted by Crippen LogP contribution is 2.28. The van der Waals surface area contributed by atoms with Gasteiger partial charge < -0.3 is 4.74 Å². The normalized spacial score (nSPS) is 10.7. The minimum atomic E-state index is -0.329. The molecule has 0 amide bonds. The Morgan fingerprint density at radius 2 is 1.95 bits per heavy atom. The van der Waals surface area contributed by atoms with Crippen molar-refractivity contribution >= 4 is 22.5 Å². The van der Waals surface area contributed by atoms with Crippen molar-refractivity contribution in [1.29, 1.82) is 0 Å². The molecule has 0 aliphatic carbocycles. The molecular formula is C16H11ClFNO. The zero-order chi connectivity index (χ0) is 13.9. The Morgan fingerprint density at radius 1 is 1.10 bits per heavy atom. The molecule has 1 heterocycles. The fourth-order valence-electron chi connectivity index (χ4n) is 1.99. The van der Waals surface area contributed by atoms with Crippen LogP contribution in [0.1, 0.15) is 5.56 Å². The van der Waals surface area contributed by atoms with Gasteiger partial charge in [-0.25, -0.2) is 4.39 Å². The monoisotopic (exact) mass is 287 g/mol. The first-order valence-corrected chi connectivity index (χ1v) is 6.67. The smallest absolute Gasteiger partial charge is 0.146 e. The second-order valence-corrected chi connectivity index (χ2v) is 4.62. The largest absolute Gasteiger partial charge is 0.455 e. The molecule has 0 aliphatic heterocycles. The molecule has 0 saturated carbocycles. The lowest BCUT2D eigenvalue weighted by Crippen LogP contribution is -1.92. The summed E-state index contributed by atoms with van der Waals surface area (Å²) in [5.74, 6) is 0.999. The molecule has 0 saturated heterocycles. The summed E-state index contributed by atoms with van der Waals surface area (Å²) in [5.41, 5.74) is 1.51. The lowest BCUT2D eigenvalue weighted by Gasteiger charge is -2.10. The van der Waals surface area contributed by atoms with Crippen LogP contribution in [-0.4, -0.2) is 4.98 Å². The predicted octanol–water partition coefficient (Wildman–Crippen LogP) is 4.91. The van der Waals surface area contributed by atoms with Gasteiger partial charge in [-0.1, -0.05) is 18.2 Å². The number of alkyl halides is 1. The van der Waals surface area contributed by atoms with Crippen LogP contribution in [0.25, 0.3) is 10.9 Å². The molecule has 3 rings (SSSR count). The fourth-order valence-corrected chi connectivity index (χ4v) is 2.19. The molecule has 20 heavy (non-hydrogen) atoms. The Kier molecular flexibility index (Phi) is 3.52. The maximum absolute atomic E-state index is 13.2. The number of aromatic nitrogens is 1. The molecular weight excluding hydrogens is 277 g/mol. The fraction of sp³-hybridized carbons (Fsp3) is 0.0625. The standard InChI is InChI=1S/C16H11ClFNO/c17-9-12-7-13(18)5-6-16(12)20-14-8-11-3-1-2-4-15(11)19-10-14/h1-8,10H,9H2. The molecule has 100 valence electrons. The van der Waals surface area contributed by atoms with Crippen molar-refractivity contribution in [3.63, 3.8) is 0 Å². The zero-order valence-corrected chi connectivity index (χ0v) is 11.3. The molecule has 0 unspecified atom stereocenters. The molecule has 0 fully saturated rings. The van der Waals surface area contributed by atoms with E-state index in [1.165, 1.54) is 12.1 Å². The molecule has 0 bridgehead atoms. The van der Waals surface area contributed by atoms with Crippen molar-refractivity contribution in [3.8, 4) is 11.5 Å². The number of nitrogens with zero attached hydrogens (tertiary/aromatic N) is 1. The van der Waals surface area contributed by atoms with Gasteiger partial charge in [0.2, 0.25) is 0 Å². The number of pyridine rings is 1. The molecule has 0 N–H and O–H groups in total. The van der Waals surface area contributed by atoms with Gasteiger partial charge in [0, 0.05) is 10.9 Å². The van der Waals surface area contributed by atoms with E-state index in [-0.39, 0.29) is 11.7 Å². The number of hydrogen-bond donors (Lipinski definition) is 0. The van der Waals surface area contributed by atoms with Gasteiger partial charge in [-0.3, -0.25) is 4.98 Å². The number of ether oxygens (including phenoxy) is 1. The Labute approximate surface area is 120 Å². The second kappa shape index (κ2) is 5.47. The van der Waals surface area contributed by atoms with Crippen molar-refractivity contribution in [2.24, 2.45) is 0 Å². The Hall–Kier alpha value is -2.13. The van der Waals surface area contributed by atoms with E-state index in [2.05, 4.69) is 4.98 Å². The summed E-state index contributed by atoms with van der Waals surface area (Å²) in [6.07, 6.45) is 1.64. The van der Waals surface area contributed by atoms with Crippen LogP contribution in [0.3, 0.4) is 0 Å². The van der Waals surface area contributed by atoms with E-state index in [1.54, 1.807) is 12.3 Å². The summed E-state index contributed by atoms with van der Waals surface area (Å²) in [7, 11) is 0. The maximum atomic E-state index is 13.2. The third-order valence-electron chi connectivity index (χ3n) is 2.96. The number of rotatable bonds is 3. The molecule has 0 atom stereocenters. The lowest BCUT2D eigenvalue weighted by molar-refractivity contribution is 0.474. The molecule has 0 radical (unpaired) electrons. The molecule has 4 heteroatoms. The molecule has 1 aromatic heterocycles. The predicted molar refractivity (Wildman–Crippen MR) is 77.8 cm³/mol. The van der Waals surface area contributed by atoms with E-state index in [0.717, 1.165) is 10.9 Å². The molecule has 0 spiro atoms. The van der Waals surface area contributed by atoms with Crippen molar-refractivity contribution in [2.75, 3.05) is 0 Å². The second-order valence-electron chi connectivity index (χ2n) is 4.35. The van der Waals surface area contributed by atoms with E-state index >= 15 is 0 Å². The summed E-state index contributed by atoms with van der Waals surface area (Å²) in [5, 5.41) is 0.986. The van der Waals surface area contributed by atoms with Gasteiger partial charge in [0.1, 0.15) is 17.3 Å². The van der Waals surface area contributed by atoms with Gasteiger partial charge in [0.05, 0.1) is 17.6 Å². The van der Waals surface area contributed by atoms with Crippen LogP contribution in [0.15, 0.2) is 54.7 Å². The van der Waals surface area contributed by atoms with Crippen LogP contribution in [0.2, 0.25) is 0 Å². The number of hydrogen-bond acceptors (Lipinski definition) is 2. The molecule has 3 aromatic rings. The number of benzene rings is 2. The van der Waals surface area contributed by atoms with Crippen molar-refractivity contribution < 1.29 is 9.13 Å².